The highest BCUT2D eigenvalue weighted by molar-refractivity contribution is 7.87. The molecule has 8 nitrogen and oxygen atoms in total. The lowest BCUT2D eigenvalue weighted by Gasteiger charge is -2.17. The summed E-state index contributed by atoms with van der Waals surface area (Å²) >= 11 is 0. The molecule has 1 atom stereocenters. The first-order valence-electron chi connectivity index (χ1n) is 9.54. The van der Waals surface area contributed by atoms with Crippen LogP contribution in [0.5, 0.6) is 0 Å². The zero-order valence-electron chi connectivity index (χ0n) is 16.5. The minimum Gasteiger partial charge on any atom is -0.347 e. The molecule has 30 heavy (non-hydrogen) atoms. The Hall–Kier alpha value is -3.17. The van der Waals surface area contributed by atoms with Gasteiger partial charge >= 0.3 is 10.3 Å². The molecule has 2 aromatic carbocycles. The quantitative estimate of drug-likeness (QED) is 0.390. The molecule has 0 aliphatic heterocycles. The number of H-pyrrole nitrogens is 1. The number of hydrogen-bond donors (Lipinski definition) is 4. The van der Waals surface area contributed by atoms with E-state index in [9.17, 15) is 13.2 Å². The molecule has 0 saturated carbocycles. The summed E-state index contributed by atoms with van der Waals surface area (Å²) in [5.74, 6) is 0.540. The van der Waals surface area contributed by atoms with Gasteiger partial charge in [0, 0.05) is 6.20 Å². The molecule has 9 heteroatoms. The SMILES string of the molecule is CCc1c[nH]c([C@H](Cc2ccc(NS(=O)(=O)O)cc2)NC(=O)Cc2ccccc2)n1. The molecular weight excluding hydrogens is 404 g/mol. The average molecular weight is 429 g/mol. The maximum atomic E-state index is 12.6. The molecule has 0 saturated heterocycles. The van der Waals surface area contributed by atoms with Gasteiger partial charge in [0.05, 0.1) is 23.8 Å². The van der Waals surface area contributed by atoms with Crippen LogP contribution in [0.3, 0.4) is 0 Å². The van der Waals surface area contributed by atoms with Crippen molar-refractivity contribution in [3.8, 4) is 0 Å². The molecule has 0 unspecified atom stereocenters. The van der Waals surface area contributed by atoms with Crippen molar-refractivity contribution >= 4 is 21.9 Å². The van der Waals surface area contributed by atoms with Crippen LogP contribution in [0.15, 0.2) is 60.8 Å². The van der Waals surface area contributed by atoms with Gasteiger partial charge in [0.2, 0.25) is 5.91 Å². The molecule has 3 rings (SSSR count). The number of imidazole rings is 1. The molecule has 0 bridgehead atoms. The Bertz CT molecular complexity index is 1080. The Morgan fingerprint density at radius 3 is 2.40 bits per heavy atom. The Labute approximate surface area is 175 Å². The molecule has 0 radical (unpaired) electrons. The summed E-state index contributed by atoms with van der Waals surface area (Å²) in [5, 5.41) is 3.04. The highest BCUT2D eigenvalue weighted by Crippen LogP contribution is 2.19. The number of aromatic nitrogens is 2. The molecule has 0 spiro atoms. The van der Waals surface area contributed by atoms with Crippen molar-refractivity contribution in [1.29, 1.82) is 0 Å². The van der Waals surface area contributed by atoms with Crippen molar-refractivity contribution in [1.82, 2.24) is 15.3 Å². The number of aryl methyl sites for hydroxylation is 1. The predicted octanol–water partition coefficient (Wildman–Crippen LogP) is 2.83. The van der Waals surface area contributed by atoms with Crippen LogP contribution >= 0.6 is 0 Å². The van der Waals surface area contributed by atoms with Crippen LogP contribution in [-0.2, 0) is 34.4 Å². The Morgan fingerprint density at radius 1 is 1.10 bits per heavy atom. The lowest BCUT2D eigenvalue weighted by atomic mass is 10.0. The summed E-state index contributed by atoms with van der Waals surface area (Å²) in [4.78, 5) is 20.3. The van der Waals surface area contributed by atoms with E-state index >= 15 is 0 Å². The zero-order chi connectivity index (χ0) is 21.6. The lowest BCUT2D eigenvalue weighted by Crippen LogP contribution is -2.32. The number of benzene rings is 2. The molecule has 1 heterocycles. The fraction of sp³-hybridized carbons (Fsp3) is 0.238. The standard InChI is InChI=1S/C21H24N4O4S/c1-2-17-14-22-21(23-17)19(24-20(26)13-15-6-4-3-5-7-15)12-16-8-10-18(11-9-16)25-30(27,28)29/h3-11,14,19,25H,2,12-13H2,1H3,(H,22,23)(H,24,26)(H,27,28,29)/t19-/m0/s1. The minimum atomic E-state index is -4.32. The first-order valence-corrected chi connectivity index (χ1v) is 11.0. The van der Waals surface area contributed by atoms with Crippen LogP contribution in [0.25, 0.3) is 0 Å². The van der Waals surface area contributed by atoms with Gasteiger partial charge in [-0.1, -0.05) is 49.4 Å². The number of hydrogen-bond acceptors (Lipinski definition) is 4. The lowest BCUT2D eigenvalue weighted by molar-refractivity contribution is -0.121. The number of carbonyl (C=O) groups is 1. The Kier molecular flexibility index (Phi) is 6.86. The maximum absolute atomic E-state index is 12.6. The third-order valence-corrected chi connectivity index (χ3v) is 5.02. The van der Waals surface area contributed by atoms with E-state index in [0.29, 0.717) is 12.2 Å². The maximum Gasteiger partial charge on any atom is 0.357 e. The van der Waals surface area contributed by atoms with Gasteiger partial charge < -0.3 is 10.3 Å². The van der Waals surface area contributed by atoms with Gasteiger partial charge in [-0.25, -0.2) is 4.98 Å². The van der Waals surface area contributed by atoms with Crippen molar-refractivity contribution in [2.75, 3.05) is 4.72 Å². The number of rotatable bonds is 9. The van der Waals surface area contributed by atoms with Gasteiger partial charge in [0.1, 0.15) is 5.82 Å². The van der Waals surface area contributed by atoms with Gasteiger partial charge in [-0.15, -0.1) is 0 Å². The van der Waals surface area contributed by atoms with Crippen molar-refractivity contribution < 1.29 is 17.8 Å². The van der Waals surface area contributed by atoms with E-state index < -0.39 is 10.3 Å². The highest BCUT2D eigenvalue weighted by atomic mass is 32.2. The summed E-state index contributed by atoms with van der Waals surface area (Å²) in [7, 11) is -4.32. The third-order valence-electron chi connectivity index (χ3n) is 4.53. The molecule has 4 N–H and O–H groups in total. The molecule has 0 fully saturated rings. The number of nitrogens with zero attached hydrogens (tertiary/aromatic N) is 1. The number of nitrogens with one attached hydrogen (secondary N) is 3. The van der Waals surface area contributed by atoms with E-state index in [1.165, 1.54) is 0 Å². The molecule has 1 aromatic heterocycles. The monoisotopic (exact) mass is 428 g/mol. The van der Waals surface area contributed by atoms with Gasteiger partial charge in [-0.2, -0.15) is 8.42 Å². The third kappa shape index (κ3) is 6.43. The molecule has 1 amide bonds. The number of amides is 1. The summed E-state index contributed by atoms with van der Waals surface area (Å²) in [6.07, 6.45) is 3.32. The zero-order valence-corrected chi connectivity index (χ0v) is 17.3. The number of aromatic amines is 1. The molecule has 0 aliphatic carbocycles. The Balaban J connectivity index is 1.75. The van der Waals surface area contributed by atoms with Crippen LogP contribution in [-0.4, -0.2) is 28.8 Å². The fourth-order valence-electron chi connectivity index (χ4n) is 3.07. The van der Waals surface area contributed by atoms with Crippen LogP contribution in [0, 0.1) is 0 Å². The van der Waals surface area contributed by atoms with Crippen molar-refractivity contribution in [2.24, 2.45) is 0 Å². The van der Waals surface area contributed by atoms with E-state index in [-0.39, 0.29) is 24.1 Å². The van der Waals surface area contributed by atoms with E-state index in [1.807, 2.05) is 48.2 Å². The van der Waals surface area contributed by atoms with Gasteiger partial charge in [-0.3, -0.25) is 14.1 Å². The van der Waals surface area contributed by atoms with Crippen LogP contribution in [0.1, 0.15) is 35.6 Å². The van der Waals surface area contributed by atoms with E-state index in [2.05, 4.69) is 15.3 Å². The summed E-state index contributed by atoms with van der Waals surface area (Å²) in [6, 6.07) is 15.7. The largest absolute Gasteiger partial charge is 0.357 e. The van der Waals surface area contributed by atoms with Crippen LogP contribution < -0.4 is 10.0 Å². The van der Waals surface area contributed by atoms with E-state index in [4.69, 9.17) is 4.55 Å². The second-order valence-electron chi connectivity index (χ2n) is 6.89. The summed E-state index contributed by atoms with van der Waals surface area (Å²) in [5.41, 5.74) is 2.94. The topological polar surface area (TPSA) is 124 Å². The fourth-order valence-corrected chi connectivity index (χ4v) is 3.51. The number of carbonyl (C=O) groups excluding carboxylic acids is 1. The molecule has 3 aromatic rings. The highest BCUT2D eigenvalue weighted by Gasteiger charge is 2.19. The van der Waals surface area contributed by atoms with E-state index in [1.54, 1.807) is 24.3 Å². The normalized spacial score (nSPS) is 12.3. The average Bonchev–Trinajstić information content (AvgIpc) is 3.18. The first kappa shape index (κ1) is 21.5. The first-order chi connectivity index (χ1) is 14.3. The van der Waals surface area contributed by atoms with Crippen LogP contribution in [0.4, 0.5) is 5.69 Å². The molecule has 0 aliphatic rings. The van der Waals surface area contributed by atoms with Crippen molar-refractivity contribution in [3.05, 3.63) is 83.4 Å². The second-order valence-corrected chi connectivity index (χ2v) is 8.05. The van der Waals surface area contributed by atoms with Crippen molar-refractivity contribution in [3.63, 3.8) is 0 Å². The van der Waals surface area contributed by atoms with Crippen molar-refractivity contribution in [2.45, 2.75) is 32.2 Å². The number of anilines is 1. The Morgan fingerprint density at radius 2 is 1.80 bits per heavy atom. The van der Waals surface area contributed by atoms with Gasteiger partial charge in [0.15, 0.2) is 0 Å². The second kappa shape index (κ2) is 9.55. The van der Waals surface area contributed by atoms with Crippen LogP contribution in [0.2, 0.25) is 0 Å². The minimum absolute atomic E-state index is 0.120. The van der Waals surface area contributed by atoms with Gasteiger partial charge in [-0.05, 0) is 36.1 Å². The molecule has 158 valence electrons. The predicted molar refractivity (Wildman–Crippen MR) is 114 cm³/mol. The summed E-state index contributed by atoms with van der Waals surface area (Å²) in [6.45, 7) is 2.00. The molecular formula is C21H24N4O4S. The van der Waals surface area contributed by atoms with E-state index in [0.717, 1.165) is 23.2 Å². The summed E-state index contributed by atoms with van der Waals surface area (Å²) < 4.78 is 32.8. The van der Waals surface area contributed by atoms with Gasteiger partial charge in [0.25, 0.3) is 0 Å². The smallest absolute Gasteiger partial charge is 0.347 e.